The number of carboxylic acids is 2. The summed E-state index contributed by atoms with van der Waals surface area (Å²) in [6, 6.07) is 8.07. The highest BCUT2D eigenvalue weighted by Gasteiger charge is 1.98. The van der Waals surface area contributed by atoms with E-state index in [4.69, 9.17) is 10.2 Å². The zero-order valence-electron chi connectivity index (χ0n) is 11.7. The molecule has 6 heteroatoms. The van der Waals surface area contributed by atoms with E-state index in [0.717, 1.165) is 0 Å². The van der Waals surface area contributed by atoms with Crippen LogP contribution in [0, 0.1) is 0 Å². The van der Waals surface area contributed by atoms with E-state index in [-0.39, 0.29) is 12.8 Å². The fraction of sp³-hybridized carbons (Fsp3) is 0.333. The summed E-state index contributed by atoms with van der Waals surface area (Å²) in [5.41, 5.74) is 0. The molecule has 0 aliphatic rings. The van der Waals surface area contributed by atoms with Gasteiger partial charge in [-0.25, -0.2) is 0 Å². The number of hydrogen-bond donors (Lipinski definition) is 2. The zero-order chi connectivity index (χ0) is 15.8. The number of carbonyl (C=O) groups is 2. The lowest BCUT2D eigenvalue weighted by Crippen LogP contribution is -1.96. The molecule has 0 saturated heterocycles. The molecule has 116 valence electrons. The lowest BCUT2D eigenvalue weighted by molar-refractivity contribution is -0.137. The average Bonchev–Trinajstić information content (AvgIpc) is 3.16. The fourth-order valence-corrected chi connectivity index (χ4v) is 2.09. The van der Waals surface area contributed by atoms with Crippen LogP contribution in [0.15, 0.2) is 45.8 Å². The third-order valence-corrected chi connectivity index (χ3v) is 3.39. The second-order valence-electron chi connectivity index (χ2n) is 3.93. The third kappa shape index (κ3) is 18.3. The third-order valence-electron chi connectivity index (χ3n) is 2.13. The quantitative estimate of drug-likeness (QED) is 0.760. The van der Waals surface area contributed by atoms with Crippen molar-refractivity contribution in [2.45, 2.75) is 32.1 Å². The molecule has 0 unspecified atom stereocenters. The van der Waals surface area contributed by atoms with Crippen LogP contribution < -0.4 is 0 Å². The Hall–Kier alpha value is -1.66. The molecule has 0 atom stereocenters. The van der Waals surface area contributed by atoms with Crippen LogP contribution in [0.2, 0.25) is 0 Å². The molecular weight excluding hydrogens is 308 g/mol. The van der Waals surface area contributed by atoms with Gasteiger partial charge in [-0.1, -0.05) is 30.7 Å². The second kappa shape index (κ2) is 14.7. The monoisotopic (exact) mass is 328 g/mol. The summed E-state index contributed by atoms with van der Waals surface area (Å²) in [5.74, 6) is -1.64. The highest BCUT2D eigenvalue weighted by atomic mass is 32.1. The van der Waals surface area contributed by atoms with Gasteiger partial charge in [0.05, 0.1) is 0 Å². The van der Waals surface area contributed by atoms with Crippen molar-refractivity contribution < 1.29 is 19.8 Å². The molecule has 0 spiro atoms. The maximum atomic E-state index is 9.98. The topological polar surface area (TPSA) is 74.6 Å². The van der Waals surface area contributed by atoms with Gasteiger partial charge >= 0.3 is 11.9 Å². The molecule has 0 aromatic carbocycles. The number of carboxylic acid groups (broad SMARTS) is 2. The van der Waals surface area contributed by atoms with Crippen molar-refractivity contribution in [2.24, 2.45) is 0 Å². The summed E-state index contributed by atoms with van der Waals surface area (Å²) in [6.45, 7) is 0. The van der Waals surface area contributed by atoms with Gasteiger partial charge in [-0.05, 0) is 34.4 Å². The second-order valence-corrected chi connectivity index (χ2v) is 5.57. The SMILES string of the molecule is O=C(O)CCCCCC(=O)O.c1ccsc1.c1ccsc1. The van der Waals surface area contributed by atoms with E-state index < -0.39 is 11.9 Å². The van der Waals surface area contributed by atoms with Gasteiger partial charge in [-0.2, -0.15) is 22.7 Å². The van der Waals surface area contributed by atoms with Gasteiger partial charge < -0.3 is 10.2 Å². The molecule has 2 rings (SSSR count). The summed E-state index contributed by atoms with van der Waals surface area (Å²) >= 11 is 3.43. The number of aliphatic carboxylic acids is 2. The van der Waals surface area contributed by atoms with Gasteiger partial charge in [0, 0.05) is 12.8 Å². The molecule has 0 saturated carbocycles. The molecule has 0 aliphatic carbocycles. The largest absolute Gasteiger partial charge is 0.481 e. The van der Waals surface area contributed by atoms with Crippen molar-refractivity contribution >= 4 is 34.6 Å². The molecule has 0 radical (unpaired) electrons. The minimum Gasteiger partial charge on any atom is -0.481 e. The van der Waals surface area contributed by atoms with Crippen LogP contribution in [0.1, 0.15) is 32.1 Å². The van der Waals surface area contributed by atoms with Crippen molar-refractivity contribution in [2.75, 3.05) is 0 Å². The van der Waals surface area contributed by atoms with Gasteiger partial charge in [0.2, 0.25) is 0 Å². The normalized spacial score (nSPS) is 8.76. The number of unbranched alkanes of at least 4 members (excludes halogenated alkanes) is 2. The number of hydrogen-bond acceptors (Lipinski definition) is 4. The Morgan fingerprint density at radius 2 is 1.00 bits per heavy atom. The van der Waals surface area contributed by atoms with Gasteiger partial charge in [-0.15, -0.1) is 0 Å². The Bertz CT molecular complexity index is 362. The molecule has 0 amide bonds. The first-order valence-electron chi connectivity index (χ1n) is 6.51. The summed E-state index contributed by atoms with van der Waals surface area (Å²) < 4.78 is 0. The highest BCUT2D eigenvalue weighted by molar-refractivity contribution is 7.08. The Morgan fingerprint density at radius 1 is 0.667 bits per heavy atom. The van der Waals surface area contributed by atoms with Gasteiger partial charge in [-0.3, -0.25) is 9.59 Å². The molecule has 0 bridgehead atoms. The maximum absolute atomic E-state index is 9.98. The Kier molecular flexibility index (Phi) is 13.6. The molecule has 2 aromatic rings. The molecular formula is C15H20O4S2. The van der Waals surface area contributed by atoms with Crippen LogP contribution >= 0.6 is 22.7 Å². The van der Waals surface area contributed by atoms with Gasteiger partial charge in [0.1, 0.15) is 0 Å². The standard InChI is InChI=1S/C7H12O4.2C4H4S/c8-6(9)4-2-1-3-5-7(10)11;2*1-2-4-5-3-1/h1-5H2,(H,8,9)(H,10,11);2*1-4H. The van der Waals surface area contributed by atoms with E-state index in [0.29, 0.717) is 19.3 Å². The van der Waals surface area contributed by atoms with Crippen LogP contribution in [0.3, 0.4) is 0 Å². The highest BCUT2D eigenvalue weighted by Crippen LogP contribution is 2.02. The fourth-order valence-electron chi connectivity index (χ4n) is 1.18. The van der Waals surface area contributed by atoms with Gasteiger partial charge in [0.15, 0.2) is 0 Å². The number of thiophene rings is 2. The summed E-state index contributed by atoms with van der Waals surface area (Å²) in [6.07, 6.45) is 2.10. The van der Waals surface area contributed by atoms with E-state index in [1.165, 1.54) is 0 Å². The van der Waals surface area contributed by atoms with Crippen LogP contribution in [0.25, 0.3) is 0 Å². The van der Waals surface area contributed by atoms with Crippen molar-refractivity contribution in [1.29, 1.82) is 0 Å². The molecule has 4 nitrogen and oxygen atoms in total. The van der Waals surface area contributed by atoms with E-state index in [2.05, 4.69) is 0 Å². The van der Waals surface area contributed by atoms with Crippen molar-refractivity contribution in [1.82, 2.24) is 0 Å². The average molecular weight is 328 g/mol. The van der Waals surface area contributed by atoms with Crippen molar-refractivity contribution in [3.63, 3.8) is 0 Å². The maximum Gasteiger partial charge on any atom is 0.303 e. The molecule has 0 aliphatic heterocycles. The molecule has 0 fully saturated rings. The summed E-state index contributed by atoms with van der Waals surface area (Å²) in [4.78, 5) is 20.0. The molecule has 2 aromatic heterocycles. The predicted octanol–water partition coefficient (Wildman–Crippen LogP) is 4.60. The van der Waals surface area contributed by atoms with E-state index in [9.17, 15) is 9.59 Å². The minimum absolute atomic E-state index is 0.139. The first-order chi connectivity index (χ1) is 10.1. The Morgan fingerprint density at radius 3 is 1.19 bits per heavy atom. The van der Waals surface area contributed by atoms with Crippen LogP contribution in [0.5, 0.6) is 0 Å². The van der Waals surface area contributed by atoms with Gasteiger partial charge in [0.25, 0.3) is 0 Å². The first kappa shape index (κ1) is 19.3. The zero-order valence-corrected chi connectivity index (χ0v) is 13.3. The van der Waals surface area contributed by atoms with Crippen molar-refractivity contribution in [3.05, 3.63) is 45.8 Å². The van der Waals surface area contributed by atoms with Crippen LogP contribution in [0.4, 0.5) is 0 Å². The lowest BCUT2D eigenvalue weighted by atomic mass is 10.1. The molecule has 2 N–H and O–H groups in total. The van der Waals surface area contributed by atoms with E-state index in [1.54, 1.807) is 22.7 Å². The molecule has 2 heterocycles. The predicted molar refractivity (Wildman–Crippen MR) is 87.0 cm³/mol. The summed E-state index contributed by atoms with van der Waals surface area (Å²) in [5, 5.41) is 24.6. The van der Waals surface area contributed by atoms with E-state index >= 15 is 0 Å². The first-order valence-corrected chi connectivity index (χ1v) is 8.39. The smallest absolute Gasteiger partial charge is 0.303 e. The van der Waals surface area contributed by atoms with Crippen LogP contribution in [-0.4, -0.2) is 22.2 Å². The lowest BCUT2D eigenvalue weighted by Gasteiger charge is -1.94. The van der Waals surface area contributed by atoms with E-state index in [1.807, 2.05) is 45.8 Å². The minimum atomic E-state index is -0.819. The summed E-state index contributed by atoms with van der Waals surface area (Å²) in [7, 11) is 0. The number of rotatable bonds is 6. The van der Waals surface area contributed by atoms with Crippen LogP contribution in [-0.2, 0) is 9.59 Å². The van der Waals surface area contributed by atoms with Crippen molar-refractivity contribution in [3.8, 4) is 0 Å². The Balaban J connectivity index is 0.000000325. The molecule has 21 heavy (non-hydrogen) atoms. The Labute approximate surface area is 132 Å².